The Bertz CT molecular complexity index is 194. The highest BCUT2D eigenvalue weighted by Gasteiger charge is 2.17. The van der Waals surface area contributed by atoms with E-state index >= 15 is 0 Å². The van der Waals surface area contributed by atoms with Crippen molar-refractivity contribution in [3.8, 4) is 0 Å². The molecule has 0 aromatic heterocycles. The highest BCUT2D eigenvalue weighted by atomic mass is 16.4. The van der Waals surface area contributed by atoms with Crippen LogP contribution in [-0.4, -0.2) is 16.9 Å². The standard InChI is InChI=1S/C9H14O3/c1-3-4-5-8(9(11)12)6-7(2)10/h3-4,8H,5-6H2,1-2H3,(H,11,12)/b4-3+. The van der Waals surface area contributed by atoms with Gasteiger partial charge in [0.25, 0.3) is 0 Å². The number of aliphatic carboxylic acids is 1. The third kappa shape index (κ3) is 4.66. The fourth-order valence-corrected chi connectivity index (χ4v) is 0.919. The summed E-state index contributed by atoms with van der Waals surface area (Å²) < 4.78 is 0. The first-order valence-corrected chi connectivity index (χ1v) is 3.91. The summed E-state index contributed by atoms with van der Waals surface area (Å²) in [5.74, 6) is -1.53. The van der Waals surface area contributed by atoms with Gasteiger partial charge in [-0.1, -0.05) is 12.2 Å². The van der Waals surface area contributed by atoms with Gasteiger partial charge >= 0.3 is 5.97 Å². The Morgan fingerprint density at radius 3 is 2.42 bits per heavy atom. The van der Waals surface area contributed by atoms with Crippen LogP contribution in [0.3, 0.4) is 0 Å². The smallest absolute Gasteiger partial charge is 0.307 e. The molecule has 12 heavy (non-hydrogen) atoms. The normalized spacial score (nSPS) is 13.2. The van der Waals surface area contributed by atoms with Crippen LogP contribution in [0.25, 0.3) is 0 Å². The molecular formula is C9H14O3. The number of rotatable bonds is 5. The monoisotopic (exact) mass is 170 g/mol. The predicted molar refractivity (Wildman–Crippen MR) is 45.9 cm³/mol. The van der Waals surface area contributed by atoms with Crippen LogP contribution in [0, 0.1) is 5.92 Å². The minimum atomic E-state index is -0.900. The largest absolute Gasteiger partial charge is 0.481 e. The van der Waals surface area contributed by atoms with Crippen molar-refractivity contribution in [2.75, 3.05) is 0 Å². The number of carbonyl (C=O) groups excluding carboxylic acids is 1. The van der Waals surface area contributed by atoms with Gasteiger partial charge in [0.2, 0.25) is 0 Å². The van der Waals surface area contributed by atoms with Crippen molar-refractivity contribution in [2.24, 2.45) is 5.92 Å². The van der Waals surface area contributed by atoms with Crippen molar-refractivity contribution in [3.05, 3.63) is 12.2 Å². The first-order valence-electron chi connectivity index (χ1n) is 3.91. The molecule has 1 N–H and O–H groups in total. The third-order valence-corrected chi connectivity index (χ3v) is 1.54. The number of hydrogen-bond acceptors (Lipinski definition) is 2. The molecule has 1 atom stereocenters. The van der Waals surface area contributed by atoms with Gasteiger partial charge in [0, 0.05) is 6.42 Å². The maximum absolute atomic E-state index is 10.6. The number of ketones is 1. The van der Waals surface area contributed by atoms with E-state index in [9.17, 15) is 9.59 Å². The van der Waals surface area contributed by atoms with Crippen LogP contribution < -0.4 is 0 Å². The fourth-order valence-electron chi connectivity index (χ4n) is 0.919. The first-order chi connectivity index (χ1) is 5.57. The number of Topliss-reactive ketones (excluding diaryl/α,β-unsaturated/α-hetero) is 1. The number of carboxylic acids is 1. The summed E-state index contributed by atoms with van der Waals surface area (Å²) in [5.41, 5.74) is 0. The number of hydrogen-bond donors (Lipinski definition) is 1. The molecule has 68 valence electrons. The fraction of sp³-hybridized carbons (Fsp3) is 0.556. The summed E-state index contributed by atoms with van der Waals surface area (Å²) in [4.78, 5) is 21.2. The van der Waals surface area contributed by atoms with Crippen molar-refractivity contribution in [3.63, 3.8) is 0 Å². The second kappa shape index (κ2) is 5.52. The highest BCUT2D eigenvalue weighted by Crippen LogP contribution is 2.10. The second-order valence-corrected chi connectivity index (χ2v) is 2.75. The Hall–Kier alpha value is -1.12. The lowest BCUT2D eigenvalue weighted by Gasteiger charge is -2.06. The molecule has 0 amide bonds. The zero-order chi connectivity index (χ0) is 9.56. The van der Waals surface area contributed by atoms with E-state index in [0.29, 0.717) is 6.42 Å². The molecule has 0 bridgehead atoms. The van der Waals surface area contributed by atoms with E-state index in [2.05, 4.69) is 0 Å². The highest BCUT2D eigenvalue weighted by molar-refractivity contribution is 5.82. The molecule has 0 aliphatic rings. The van der Waals surface area contributed by atoms with Crippen molar-refractivity contribution < 1.29 is 14.7 Å². The molecule has 0 aromatic carbocycles. The minimum Gasteiger partial charge on any atom is -0.481 e. The Morgan fingerprint density at radius 2 is 2.08 bits per heavy atom. The zero-order valence-corrected chi connectivity index (χ0v) is 7.41. The van der Waals surface area contributed by atoms with E-state index in [4.69, 9.17) is 5.11 Å². The number of carboxylic acid groups (broad SMARTS) is 1. The van der Waals surface area contributed by atoms with Gasteiger partial charge in [0.15, 0.2) is 0 Å². The Balaban J connectivity index is 4.04. The SMILES string of the molecule is C/C=C/CC(CC(C)=O)C(=O)O. The van der Waals surface area contributed by atoms with Gasteiger partial charge < -0.3 is 9.90 Å². The summed E-state index contributed by atoms with van der Waals surface area (Å²) in [7, 11) is 0. The Labute approximate surface area is 72.1 Å². The minimum absolute atomic E-state index is 0.0769. The summed E-state index contributed by atoms with van der Waals surface area (Å²) in [6, 6.07) is 0. The molecule has 0 aliphatic heterocycles. The summed E-state index contributed by atoms with van der Waals surface area (Å²) in [6.45, 7) is 3.23. The van der Waals surface area contributed by atoms with Crippen LogP contribution in [0.1, 0.15) is 26.7 Å². The molecule has 0 spiro atoms. The van der Waals surface area contributed by atoms with Crippen molar-refractivity contribution in [1.82, 2.24) is 0 Å². The average Bonchev–Trinajstić information content (AvgIpc) is 1.96. The van der Waals surface area contributed by atoms with Gasteiger partial charge in [-0.25, -0.2) is 0 Å². The predicted octanol–water partition coefficient (Wildman–Crippen LogP) is 1.63. The zero-order valence-electron chi connectivity index (χ0n) is 7.41. The van der Waals surface area contributed by atoms with E-state index in [1.54, 1.807) is 12.2 Å². The van der Waals surface area contributed by atoms with E-state index < -0.39 is 11.9 Å². The van der Waals surface area contributed by atoms with Crippen LogP contribution >= 0.6 is 0 Å². The topological polar surface area (TPSA) is 54.4 Å². The van der Waals surface area contributed by atoms with Crippen molar-refractivity contribution >= 4 is 11.8 Å². The van der Waals surface area contributed by atoms with Gasteiger partial charge in [-0.15, -0.1) is 0 Å². The molecule has 0 saturated carbocycles. The van der Waals surface area contributed by atoms with Crippen LogP contribution in [0.15, 0.2) is 12.2 Å². The van der Waals surface area contributed by atoms with E-state index in [-0.39, 0.29) is 12.2 Å². The molecule has 0 saturated heterocycles. The molecule has 3 nitrogen and oxygen atoms in total. The maximum atomic E-state index is 10.6. The average molecular weight is 170 g/mol. The summed E-state index contributed by atoms with van der Waals surface area (Å²) >= 11 is 0. The lowest BCUT2D eigenvalue weighted by molar-refractivity contribution is -0.143. The van der Waals surface area contributed by atoms with Crippen molar-refractivity contribution in [1.29, 1.82) is 0 Å². The van der Waals surface area contributed by atoms with Gasteiger partial charge in [-0.2, -0.15) is 0 Å². The lowest BCUT2D eigenvalue weighted by Crippen LogP contribution is -2.15. The number of allylic oxidation sites excluding steroid dienone is 2. The molecule has 0 heterocycles. The maximum Gasteiger partial charge on any atom is 0.307 e. The Kier molecular flexibility index (Phi) is 5.00. The molecule has 0 aromatic rings. The summed E-state index contributed by atoms with van der Waals surface area (Å²) in [5, 5.41) is 8.66. The van der Waals surface area contributed by atoms with Crippen LogP contribution in [0.5, 0.6) is 0 Å². The van der Waals surface area contributed by atoms with Crippen molar-refractivity contribution in [2.45, 2.75) is 26.7 Å². The third-order valence-electron chi connectivity index (χ3n) is 1.54. The molecule has 3 heteroatoms. The first kappa shape index (κ1) is 10.9. The van der Waals surface area contributed by atoms with E-state index in [1.165, 1.54) is 6.92 Å². The van der Waals surface area contributed by atoms with Gasteiger partial charge in [-0.3, -0.25) is 4.79 Å². The van der Waals surface area contributed by atoms with Gasteiger partial charge in [0.1, 0.15) is 5.78 Å². The lowest BCUT2D eigenvalue weighted by atomic mass is 9.99. The Morgan fingerprint density at radius 1 is 1.50 bits per heavy atom. The molecular weight excluding hydrogens is 156 g/mol. The molecule has 1 unspecified atom stereocenters. The van der Waals surface area contributed by atoms with Gasteiger partial charge in [0.05, 0.1) is 5.92 Å². The van der Waals surface area contributed by atoms with E-state index in [1.807, 2.05) is 6.92 Å². The summed E-state index contributed by atoms with van der Waals surface area (Å²) in [6.07, 6.45) is 4.11. The molecule has 0 aliphatic carbocycles. The second-order valence-electron chi connectivity index (χ2n) is 2.75. The molecule has 0 rings (SSSR count). The molecule has 0 radical (unpaired) electrons. The van der Waals surface area contributed by atoms with E-state index in [0.717, 1.165) is 0 Å². The van der Waals surface area contributed by atoms with Crippen LogP contribution in [0.4, 0.5) is 0 Å². The van der Waals surface area contributed by atoms with Crippen LogP contribution in [-0.2, 0) is 9.59 Å². The number of carbonyl (C=O) groups is 2. The van der Waals surface area contributed by atoms with Gasteiger partial charge in [-0.05, 0) is 20.3 Å². The quantitative estimate of drug-likeness (QED) is 0.638. The molecule has 0 fully saturated rings. The van der Waals surface area contributed by atoms with Crippen LogP contribution in [0.2, 0.25) is 0 Å².